The van der Waals surface area contributed by atoms with Crippen molar-refractivity contribution in [2.24, 2.45) is 5.73 Å². The molecule has 5 heterocycles. The molecule has 8 aliphatic rings. The monoisotopic (exact) mass is 1910 g/mol. The summed E-state index contributed by atoms with van der Waals surface area (Å²) in [6, 6.07) is 67.0. The molecule has 7 N–H and O–H groups in total. The molecule has 8 aromatic carbocycles. The Bertz CT molecular complexity index is 5760. The second-order valence-electron chi connectivity index (χ2n) is 35.9. The first-order chi connectivity index (χ1) is 62.1. The van der Waals surface area contributed by atoms with Gasteiger partial charge in [-0.3, -0.25) is 44.4 Å². The van der Waals surface area contributed by atoms with Crippen LogP contribution < -0.4 is 27.8 Å². The number of hydrogen-bond acceptors (Lipinski definition) is 21. The van der Waals surface area contributed by atoms with Crippen LogP contribution in [0.4, 0.5) is 52.0 Å². The summed E-state index contributed by atoms with van der Waals surface area (Å²) in [4.78, 5) is 94.5. The number of hydrogen-bond donors (Lipinski definition) is 5. The summed E-state index contributed by atoms with van der Waals surface area (Å²) in [6.45, 7) is 15.8. The molecule has 4 amide bonds. The van der Waals surface area contributed by atoms with Crippen LogP contribution in [-0.4, -0.2) is 147 Å². The van der Waals surface area contributed by atoms with Gasteiger partial charge in [-0.25, -0.2) is 24.0 Å². The van der Waals surface area contributed by atoms with E-state index in [4.69, 9.17) is 69.3 Å². The molecule has 4 aliphatic carbocycles. The maximum absolute atomic E-state index is 12.9. The Morgan fingerprint density at radius 2 is 0.715 bits per heavy atom. The zero-order valence-corrected chi connectivity index (χ0v) is 78.1. The number of ether oxygens (including phenoxy) is 4. The van der Waals surface area contributed by atoms with Gasteiger partial charge in [0.05, 0.1) is 103 Å². The van der Waals surface area contributed by atoms with Crippen molar-refractivity contribution in [1.29, 1.82) is 21.0 Å². The number of nitriles is 4. The number of rotatable bonds is 15. The molecule has 0 unspecified atom stereocenters. The summed E-state index contributed by atoms with van der Waals surface area (Å²) in [7, 11) is 9.87. The third-order valence-corrected chi connectivity index (χ3v) is 25.5. The van der Waals surface area contributed by atoms with Gasteiger partial charge in [-0.15, -0.1) is 0 Å². The van der Waals surface area contributed by atoms with Crippen molar-refractivity contribution in [1.82, 2.24) is 29.2 Å². The number of amides is 4. The van der Waals surface area contributed by atoms with Gasteiger partial charge in [0.2, 0.25) is 5.82 Å². The summed E-state index contributed by atoms with van der Waals surface area (Å²) in [6.07, 6.45) is 12.9. The minimum absolute atomic E-state index is 0.0227. The molecule has 33 heteroatoms. The zero-order chi connectivity index (χ0) is 93.5. The van der Waals surface area contributed by atoms with Gasteiger partial charge < -0.3 is 46.0 Å². The molecule has 4 saturated heterocycles. The number of halogens is 3. The fourth-order valence-electron chi connectivity index (χ4n) is 19.7. The molecule has 8 fully saturated rings. The van der Waals surface area contributed by atoms with Gasteiger partial charge in [0.15, 0.2) is 0 Å². The van der Waals surface area contributed by atoms with E-state index in [1.165, 1.54) is 12.1 Å². The van der Waals surface area contributed by atoms with Crippen molar-refractivity contribution < 1.29 is 52.4 Å². The van der Waals surface area contributed by atoms with Crippen LogP contribution >= 0.6 is 17.8 Å². The normalized spacial score (nSPS) is 24.2. The van der Waals surface area contributed by atoms with Crippen molar-refractivity contribution in [2.75, 3.05) is 16.4 Å². The van der Waals surface area contributed by atoms with Gasteiger partial charge >= 0.3 is 72.5 Å². The summed E-state index contributed by atoms with van der Waals surface area (Å²) < 4.78 is 37.4. The molecule has 130 heavy (non-hydrogen) atoms. The number of anilines is 3. The summed E-state index contributed by atoms with van der Waals surface area (Å²) in [5.74, 6) is -0.931. The topological polar surface area (TPSA) is 413 Å². The first kappa shape index (κ1) is 96.6. The third-order valence-electron chi connectivity index (χ3n) is 25.5. The average Bonchev–Trinajstić information content (AvgIpc) is 1.76. The SMILES string of the molecule is CC1(C)OC(=O)N(C2CCC(N)CC2)[C@H]1c1ccccc1.CC1(C)OC(=O)N(C2CCC(Nc3ccc(C#N)cc3N)CC2)[C@H]1c1ccccc1.CC1(C)OC(=O)N(C2CCC(Nc3ccc(C#N)cc3[N+](=O)[O-])CC2)[C@H]1c1ccccc1.CC1(C)OC(=O)N(C2CCC(n3c(=O)[nH]c4cc(C#N)ccc43)CC2)[C@H]1c1ccccc1.N#Cc1ccc(F)c([N+](=O)[O-])c1.[Cl][Sn][Cl]. The van der Waals surface area contributed by atoms with E-state index >= 15 is 0 Å². The number of nitro groups is 2. The van der Waals surface area contributed by atoms with Crippen molar-refractivity contribution in [2.45, 2.75) is 253 Å². The van der Waals surface area contributed by atoms with Crippen molar-refractivity contribution in [3.63, 3.8) is 0 Å². The predicted molar refractivity (Wildman–Crippen MR) is 493 cm³/mol. The van der Waals surface area contributed by atoms with Crippen LogP contribution in [0.25, 0.3) is 11.0 Å². The van der Waals surface area contributed by atoms with Crippen LogP contribution in [0, 0.1) is 71.4 Å². The van der Waals surface area contributed by atoms with E-state index in [1.54, 1.807) is 42.5 Å². The molecule has 2 radical (unpaired) electrons. The molecular formula is C97H107Cl2FN16O13Sn. The number of carbonyl (C=O) groups excluding carboxylic acids is 4. The number of nitrogen functional groups attached to an aromatic ring is 1. The molecule has 1 aromatic heterocycles. The first-order valence-corrected chi connectivity index (χ1v) is 50.8. The number of benzene rings is 8. The van der Waals surface area contributed by atoms with E-state index in [-0.39, 0.29) is 113 Å². The molecule has 678 valence electrons. The fraction of sp³-hybridized carbons (Fsp3) is 0.412. The van der Waals surface area contributed by atoms with E-state index in [1.807, 2.05) is 195 Å². The summed E-state index contributed by atoms with van der Waals surface area (Å²) in [5.41, 5.74) is 18.0. The molecule has 29 nitrogen and oxygen atoms in total. The molecule has 17 rings (SSSR count). The Kier molecular flexibility index (Phi) is 31.5. The number of nitrogens with two attached hydrogens (primary N) is 2. The van der Waals surface area contributed by atoms with E-state index in [0.29, 0.717) is 34.1 Å². The Labute approximate surface area is 772 Å². The molecule has 0 bridgehead atoms. The number of imidazole rings is 1. The van der Waals surface area contributed by atoms with Gasteiger partial charge in [-0.05, 0) is 241 Å². The van der Waals surface area contributed by atoms with Crippen molar-refractivity contribution in [3.05, 3.63) is 275 Å². The Hall–Kier alpha value is -12.5. The summed E-state index contributed by atoms with van der Waals surface area (Å²) >= 11 is -0.826. The van der Waals surface area contributed by atoms with Gasteiger partial charge in [0.25, 0.3) is 5.69 Å². The van der Waals surface area contributed by atoms with Crippen molar-refractivity contribution in [3.8, 4) is 24.3 Å². The predicted octanol–water partition coefficient (Wildman–Crippen LogP) is 20.5. The van der Waals surface area contributed by atoms with Crippen LogP contribution in [0.15, 0.2) is 199 Å². The van der Waals surface area contributed by atoms with E-state index in [0.717, 1.165) is 148 Å². The third kappa shape index (κ3) is 22.5. The average molecular weight is 1910 g/mol. The number of carbonyl (C=O) groups is 4. The molecule has 4 saturated carbocycles. The van der Waals surface area contributed by atoms with Gasteiger partial charge in [0.1, 0.15) is 28.1 Å². The van der Waals surface area contributed by atoms with Gasteiger partial charge in [0, 0.05) is 60.5 Å². The number of aromatic amines is 1. The van der Waals surface area contributed by atoms with Crippen LogP contribution in [-0.2, 0) is 18.9 Å². The number of fused-ring (bicyclic) bond motifs is 1. The Morgan fingerprint density at radius 3 is 1.06 bits per heavy atom. The van der Waals surface area contributed by atoms with E-state index < -0.39 is 62.6 Å². The molecule has 9 aromatic rings. The second kappa shape index (κ2) is 42.4. The molecular weight excluding hydrogens is 1810 g/mol. The van der Waals surface area contributed by atoms with Crippen molar-refractivity contribution >= 4 is 101 Å². The van der Waals surface area contributed by atoms with Crippen LogP contribution in [0.3, 0.4) is 0 Å². The zero-order valence-electron chi connectivity index (χ0n) is 73.7. The molecule has 4 atom stereocenters. The van der Waals surface area contributed by atoms with Crippen LogP contribution in [0.5, 0.6) is 0 Å². The Morgan fingerprint density at radius 1 is 0.423 bits per heavy atom. The standard InChI is InChI=1S/C25H26N4O3.C24H26N4O4.C24H28N4O2.C17H24N2O2.C7H3FN2O2.2ClH.Sn/c1-25(2)22(17-6-4-3-5-7-17)29(24(31)32-25)19-11-9-18(10-12-19)28-21-13-8-16(15-26)14-20(21)27-23(28)30;1-24(2)22(17-6-4-3-5-7-17)27(23(29)32-24)19-11-9-18(10-12-19)26-20-13-8-16(15-25)14-21(20)28(30)31;1-24(2)22(17-6-4-3-5-7-17)28(23(29)30-24)19-11-9-18(10-12-19)27-21-13-8-16(15-25)14-20(21)26;1-17(2)15(12-6-4-3-5-7-12)19(16(20)21-17)14-10-8-13(18)9-11-14;8-6-2-1-5(4-9)3-7(6)10(11)12;;;/h3-8,13-14,18-19,22H,9-12H2,1-2H3,(H,27,30);3-8,13-14,18-19,22,26H,9-12H2,1-2H3;3-8,13-14,18-19,22,27H,9-12,26H2,1-2H3;3-7,13-15H,8-11,18H2,1-2H3;1-3H;2*1H;/q;;;;;;;+2/p-2/t3*18?,19?,22-;13?,14?,15-;;;;/m0000..../s1. The maximum atomic E-state index is 12.9. The number of nitrogens with zero attached hydrogens (tertiary/aromatic N) is 11. The number of nitro benzene ring substituents is 2. The summed E-state index contributed by atoms with van der Waals surface area (Å²) in [5, 5.41) is 63.8. The van der Waals surface area contributed by atoms with Gasteiger partial charge in [-0.2, -0.15) is 25.4 Å². The number of aromatic nitrogens is 2. The van der Waals surface area contributed by atoms with Crippen LogP contribution in [0.2, 0.25) is 0 Å². The van der Waals surface area contributed by atoms with E-state index in [9.17, 15) is 48.6 Å². The quantitative estimate of drug-likeness (QED) is 0.0209. The molecule has 4 aliphatic heterocycles. The minimum atomic E-state index is -0.931. The fourth-order valence-corrected chi connectivity index (χ4v) is 19.7. The van der Waals surface area contributed by atoms with Crippen LogP contribution in [0.1, 0.15) is 233 Å². The number of nitrogens with one attached hydrogen (secondary N) is 3. The van der Waals surface area contributed by atoms with Gasteiger partial charge in [-0.1, -0.05) is 121 Å². The Balaban J connectivity index is 0.000000150. The van der Waals surface area contributed by atoms with E-state index in [2.05, 4.69) is 52.0 Å². The first-order valence-electron chi connectivity index (χ1n) is 43.6. The number of H-pyrrole nitrogens is 1. The molecule has 0 spiro atoms. The second-order valence-corrected chi connectivity index (χ2v) is 40.1. The number of cyclic esters (lactones) is 4.